The Morgan fingerprint density at radius 2 is 1.62 bits per heavy atom. The van der Waals surface area contributed by atoms with Gasteiger partial charge in [0.1, 0.15) is 0 Å². The Morgan fingerprint density at radius 1 is 0.952 bits per heavy atom. The molecule has 0 bridgehead atoms. The summed E-state index contributed by atoms with van der Waals surface area (Å²) in [7, 11) is 0. The van der Waals surface area contributed by atoms with E-state index in [4.69, 9.17) is 4.74 Å². The van der Waals surface area contributed by atoms with Crippen molar-refractivity contribution in [2.75, 3.05) is 72.1 Å². The molecule has 0 unspecified atom stereocenters. The van der Waals surface area contributed by atoms with Crippen molar-refractivity contribution in [3.05, 3.63) is 0 Å². The zero-order valence-corrected chi connectivity index (χ0v) is 12.4. The lowest BCUT2D eigenvalue weighted by Gasteiger charge is -2.39. The maximum Gasteiger partial charge on any atom is 0.236 e. The molecular formula is C14H24N4O3. The minimum Gasteiger partial charge on any atom is -0.378 e. The van der Waals surface area contributed by atoms with Crippen LogP contribution in [0.15, 0.2) is 0 Å². The van der Waals surface area contributed by atoms with Crippen LogP contribution in [-0.2, 0) is 14.3 Å². The maximum absolute atomic E-state index is 12.2. The van der Waals surface area contributed by atoms with Gasteiger partial charge in [-0.05, 0) is 0 Å². The van der Waals surface area contributed by atoms with Crippen LogP contribution >= 0.6 is 0 Å². The second kappa shape index (κ2) is 6.72. The van der Waals surface area contributed by atoms with Crippen LogP contribution in [0.25, 0.3) is 0 Å². The molecule has 7 nitrogen and oxygen atoms in total. The molecule has 3 saturated heterocycles. The van der Waals surface area contributed by atoms with Crippen molar-refractivity contribution in [2.45, 2.75) is 0 Å². The van der Waals surface area contributed by atoms with Gasteiger partial charge in [-0.3, -0.25) is 14.5 Å². The van der Waals surface area contributed by atoms with Crippen LogP contribution in [0.3, 0.4) is 0 Å². The number of hydrogen-bond acceptors (Lipinski definition) is 5. The number of carbonyl (C=O) groups is 2. The van der Waals surface area contributed by atoms with E-state index in [1.165, 1.54) is 0 Å². The van der Waals surface area contributed by atoms with Crippen molar-refractivity contribution < 1.29 is 14.3 Å². The largest absolute Gasteiger partial charge is 0.378 e. The molecule has 0 aromatic carbocycles. The van der Waals surface area contributed by atoms with Gasteiger partial charge in [-0.2, -0.15) is 0 Å². The van der Waals surface area contributed by atoms with Crippen LogP contribution in [-0.4, -0.2) is 98.6 Å². The molecule has 7 heteroatoms. The third kappa shape index (κ3) is 3.53. The van der Waals surface area contributed by atoms with Crippen molar-refractivity contribution >= 4 is 11.8 Å². The van der Waals surface area contributed by atoms with E-state index in [0.717, 1.165) is 39.3 Å². The third-order valence-corrected chi connectivity index (χ3v) is 4.54. The lowest BCUT2D eigenvalue weighted by Crippen LogP contribution is -2.57. The standard InChI is InChI=1S/C14H24N4O3/c19-13(17-5-7-21-8-6-17)11-16-1-3-18(4-2-16)14(20)12-9-15-10-12/h12,15H,1-11H2. The predicted octanol–water partition coefficient (Wildman–Crippen LogP) is -1.79. The van der Waals surface area contributed by atoms with Gasteiger partial charge >= 0.3 is 0 Å². The summed E-state index contributed by atoms with van der Waals surface area (Å²) in [5, 5.41) is 3.13. The zero-order chi connectivity index (χ0) is 14.7. The Balaban J connectivity index is 1.40. The second-order valence-corrected chi connectivity index (χ2v) is 5.95. The predicted molar refractivity (Wildman–Crippen MR) is 76.8 cm³/mol. The molecule has 0 saturated carbocycles. The van der Waals surface area contributed by atoms with E-state index in [9.17, 15) is 9.59 Å². The highest BCUT2D eigenvalue weighted by Crippen LogP contribution is 2.11. The first-order valence-electron chi connectivity index (χ1n) is 7.81. The molecule has 1 N–H and O–H groups in total. The minimum absolute atomic E-state index is 0.173. The molecule has 3 heterocycles. The van der Waals surface area contributed by atoms with Gasteiger partial charge in [0.05, 0.1) is 25.7 Å². The Hall–Kier alpha value is -1.18. The molecule has 3 aliphatic heterocycles. The van der Waals surface area contributed by atoms with Crippen LogP contribution in [0, 0.1) is 5.92 Å². The van der Waals surface area contributed by atoms with Gasteiger partial charge in [-0.1, -0.05) is 0 Å². The summed E-state index contributed by atoms with van der Waals surface area (Å²) < 4.78 is 5.26. The van der Waals surface area contributed by atoms with Crippen molar-refractivity contribution in [2.24, 2.45) is 5.92 Å². The molecule has 21 heavy (non-hydrogen) atoms. The van der Waals surface area contributed by atoms with Crippen LogP contribution in [0.4, 0.5) is 0 Å². The van der Waals surface area contributed by atoms with Crippen LogP contribution in [0.1, 0.15) is 0 Å². The van der Waals surface area contributed by atoms with Crippen molar-refractivity contribution in [3.8, 4) is 0 Å². The molecule has 0 aromatic heterocycles. The van der Waals surface area contributed by atoms with E-state index in [1.807, 2.05) is 9.80 Å². The fourth-order valence-corrected chi connectivity index (χ4v) is 2.95. The molecule has 3 rings (SSSR count). The summed E-state index contributed by atoms with van der Waals surface area (Å²) in [5.74, 6) is 0.626. The zero-order valence-electron chi connectivity index (χ0n) is 12.4. The fraction of sp³-hybridized carbons (Fsp3) is 0.857. The smallest absolute Gasteiger partial charge is 0.236 e. The summed E-state index contributed by atoms with van der Waals surface area (Å²) in [4.78, 5) is 30.3. The Bertz CT molecular complexity index is 386. The van der Waals surface area contributed by atoms with Gasteiger partial charge in [0.2, 0.25) is 11.8 Å². The molecule has 3 fully saturated rings. The lowest BCUT2D eigenvalue weighted by molar-refractivity contribution is -0.140. The Kier molecular flexibility index (Phi) is 4.72. The number of nitrogens with one attached hydrogen (secondary N) is 1. The Morgan fingerprint density at radius 3 is 2.19 bits per heavy atom. The topological polar surface area (TPSA) is 65.1 Å². The van der Waals surface area contributed by atoms with Gasteiger partial charge in [0, 0.05) is 52.4 Å². The molecule has 3 aliphatic rings. The SMILES string of the molecule is O=C(CN1CCN(C(=O)C2CNC2)CC1)N1CCOCC1. The average molecular weight is 296 g/mol. The number of hydrogen-bond donors (Lipinski definition) is 1. The first-order chi connectivity index (χ1) is 10.2. The first-order valence-corrected chi connectivity index (χ1v) is 7.81. The summed E-state index contributed by atoms with van der Waals surface area (Å²) in [6, 6.07) is 0. The van der Waals surface area contributed by atoms with Gasteiger partial charge < -0.3 is 19.9 Å². The van der Waals surface area contributed by atoms with E-state index in [0.29, 0.717) is 32.8 Å². The van der Waals surface area contributed by atoms with Gasteiger partial charge in [0.15, 0.2) is 0 Å². The number of rotatable bonds is 3. The van der Waals surface area contributed by atoms with Crippen molar-refractivity contribution in [1.29, 1.82) is 0 Å². The molecule has 118 valence electrons. The highest BCUT2D eigenvalue weighted by atomic mass is 16.5. The van der Waals surface area contributed by atoms with Gasteiger partial charge in [0.25, 0.3) is 0 Å². The highest BCUT2D eigenvalue weighted by molar-refractivity contribution is 5.80. The first kappa shape index (κ1) is 14.7. The molecule has 2 amide bonds. The summed E-state index contributed by atoms with van der Waals surface area (Å²) >= 11 is 0. The summed E-state index contributed by atoms with van der Waals surface area (Å²) in [6.45, 7) is 7.85. The quantitative estimate of drug-likeness (QED) is 0.666. The number of morpholine rings is 1. The van der Waals surface area contributed by atoms with Crippen molar-refractivity contribution in [3.63, 3.8) is 0 Å². The van der Waals surface area contributed by atoms with E-state index in [-0.39, 0.29) is 17.7 Å². The molecule has 0 atom stereocenters. The van der Waals surface area contributed by atoms with Crippen LogP contribution < -0.4 is 5.32 Å². The van der Waals surface area contributed by atoms with E-state index in [2.05, 4.69) is 10.2 Å². The van der Waals surface area contributed by atoms with Gasteiger partial charge in [-0.15, -0.1) is 0 Å². The number of ether oxygens (including phenoxy) is 1. The molecular weight excluding hydrogens is 272 g/mol. The normalized spacial score (nSPS) is 24.8. The third-order valence-electron chi connectivity index (χ3n) is 4.54. The molecule has 0 aromatic rings. The van der Waals surface area contributed by atoms with Crippen molar-refractivity contribution in [1.82, 2.24) is 20.0 Å². The maximum atomic E-state index is 12.2. The lowest BCUT2D eigenvalue weighted by atomic mass is 10.0. The number of nitrogens with zero attached hydrogens (tertiary/aromatic N) is 3. The Labute approximate surface area is 125 Å². The minimum atomic E-state index is 0.173. The van der Waals surface area contributed by atoms with E-state index in [1.54, 1.807) is 0 Å². The van der Waals surface area contributed by atoms with E-state index < -0.39 is 0 Å². The number of piperazine rings is 1. The summed E-state index contributed by atoms with van der Waals surface area (Å²) in [6.07, 6.45) is 0. The molecule has 0 spiro atoms. The monoisotopic (exact) mass is 296 g/mol. The highest BCUT2D eigenvalue weighted by Gasteiger charge is 2.31. The van der Waals surface area contributed by atoms with Crippen LogP contribution in [0.5, 0.6) is 0 Å². The number of carbonyl (C=O) groups excluding carboxylic acids is 2. The van der Waals surface area contributed by atoms with Crippen LogP contribution in [0.2, 0.25) is 0 Å². The van der Waals surface area contributed by atoms with Gasteiger partial charge in [-0.25, -0.2) is 0 Å². The number of amides is 2. The molecule has 0 aliphatic carbocycles. The molecule has 0 radical (unpaired) electrons. The summed E-state index contributed by atoms with van der Waals surface area (Å²) in [5.41, 5.74) is 0. The second-order valence-electron chi connectivity index (χ2n) is 5.95. The fourth-order valence-electron chi connectivity index (χ4n) is 2.95. The van der Waals surface area contributed by atoms with E-state index >= 15 is 0 Å². The average Bonchev–Trinajstić information content (AvgIpc) is 2.47.